The molecule has 1 amide bonds. The van der Waals surface area contributed by atoms with Crippen LogP contribution in [0.25, 0.3) is 0 Å². The van der Waals surface area contributed by atoms with Crippen LogP contribution in [-0.2, 0) is 4.79 Å². The maximum Gasteiger partial charge on any atom is 0.234 e. The largest absolute Gasteiger partial charge is 0.369 e. The highest BCUT2D eigenvalue weighted by molar-refractivity contribution is 6.31. The van der Waals surface area contributed by atoms with Gasteiger partial charge in [-0.3, -0.25) is 9.69 Å². The Morgan fingerprint density at radius 1 is 1.07 bits per heavy atom. The van der Waals surface area contributed by atoms with Crippen molar-refractivity contribution >= 4 is 23.2 Å². The molecule has 0 saturated carbocycles. The normalized spacial score (nSPS) is 16.2. The number of piperazine rings is 1. The van der Waals surface area contributed by atoms with E-state index in [0.717, 1.165) is 31.7 Å². The van der Waals surface area contributed by atoms with E-state index < -0.39 is 0 Å². The summed E-state index contributed by atoms with van der Waals surface area (Å²) in [6, 6.07) is 14.0. The lowest BCUT2D eigenvalue weighted by molar-refractivity contribution is -0.123. The molecule has 0 aromatic heterocycles. The predicted octanol–water partition coefficient (Wildman–Crippen LogP) is 3.96. The van der Waals surface area contributed by atoms with Gasteiger partial charge >= 0.3 is 0 Å². The quantitative estimate of drug-likeness (QED) is 0.846. The summed E-state index contributed by atoms with van der Waals surface area (Å²) < 4.78 is 0. The zero-order valence-electron chi connectivity index (χ0n) is 16.3. The van der Waals surface area contributed by atoms with E-state index in [9.17, 15) is 4.79 Å². The molecule has 1 unspecified atom stereocenters. The fourth-order valence-corrected chi connectivity index (χ4v) is 3.92. The van der Waals surface area contributed by atoms with Crippen molar-refractivity contribution in [1.82, 2.24) is 10.2 Å². The number of nitrogens with one attached hydrogen (secondary N) is 1. The molecular formula is C22H28ClN3O. The van der Waals surface area contributed by atoms with Gasteiger partial charge < -0.3 is 10.2 Å². The van der Waals surface area contributed by atoms with Gasteiger partial charge in [0.25, 0.3) is 0 Å². The average Bonchev–Trinajstić information content (AvgIpc) is 2.65. The second-order valence-corrected chi connectivity index (χ2v) is 7.70. The van der Waals surface area contributed by atoms with Gasteiger partial charge in [0, 0.05) is 36.9 Å². The van der Waals surface area contributed by atoms with E-state index in [1.165, 1.54) is 16.8 Å². The first-order chi connectivity index (χ1) is 13.0. The molecular weight excluding hydrogens is 358 g/mol. The molecule has 144 valence electrons. The smallest absolute Gasteiger partial charge is 0.234 e. The van der Waals surface area contributed by atoms with Crippen molar-refractivity contribution in [2.45, 2.75) is 26.8 Å². The lowest BCUT2D eigenvalue weighted by Crippen LogP contribution is -2.49. The van der Waals surface area contributed by atoms with Gasteiger partial charge in [0.2, 0.25) is 5.91 Å². The maximum absolute atomic E-state index is 12.4. The Bertz CT molecular complexity index is 800. The van der Waals surface area contributed by atoms with E-state index in [1.54, 1.807) is 0 Å². The first-order valence-electron chi connectivity index (χ1n) is 9.53. The Balaban J connectivity index is 1.51. The Labute approximate surface area is 167 Å². The summed E-state index contributed by atoms with van der Waals surface area (Å²) >= 11 is 6.23. The van der Waals surface area contributed by atoms with Crippen LogP contribution in [0.5, 0.6) is 0 Å². The standard InChI is InChI=1S/C22H28ClN3O/c1-16-7-6-10-21(17(16)2)26-13-11-25(12-14-26)15-22(27)24-18(3)19-8-4-5-9-20(19)23/h4-10,18H,11-15H2,1-3H3,(H,24,27). The lowest BCUT2D eigenvalue weighted by Gasteiger charge is -2.36. The van der Waals surface area contributed by atoms with Crippen molar-refractivity contribution in [2.75, 3.05) is 37.6 Å². The van der Waals surface area contributed by atoms with Gasteiger partial charge in [-0.05, 0) is 49.6 Å². The van der Waals surface area contributed by atoms with Crippen molar-refractivity contribution in [2.24, 2.45) is 0 Å². The van der Waals surface area contributed by atoms with E-state index in [4.69, 9.17) is 11.6 Å². The summed E-state index contributed by atoms with van der Waals surface area (Å²) in [6.45, 7) is 10.4. The minimum Gasteiger partial charge on any atom is -0.369 e. The van der Waals surface area contributed by atoms with E-state index in [2.05, 4.69) is 47.2 Å². The van der Waals surface area contributed by atoms with E-state index >= 15 is 0 Å². The third-order valence-electron chi connectivity index (χ3n) is 5.41. The van der Waals surface area contributed by atoms with Gasteiger partial charge in [0.15, 0.2) is 0 Å². The summed E-state index contributed by atoms with van der Waals surface area (Å²) in [5.74, 6) is 0.0441. The van der Waals surface area contributed by atoms with Gasteiger partial charge in [0.1, 0.15) is 0 Å². The average molecular weight is 386 g/mol. The Morgan fingerprint density at radius 2 is 1.78 bits per heavy atom. The Hall–Kier alpha value is -2.04. The van der Waals surface area contributed by atoms with Gasteiger partial charge in [-0.15, -0.1) is 0 Å². The first-order valence-corrected chi connectivity index (χ1v) is 9.91. The molecule has 4 nitrogen and oxygen atoms in total. The summed E-state index contributed by atoms with van der Waals surface area (Å²) in [5, 5.41) is 3.75. The zero-order chi connectivity index (χ0) is 19.4. The SMILES string of the molecule is Cc1cccc(N2CCN(CC(=O)NC(C)c3ccccc3Cl)CC2)c1C. The Morgan fingerprint density at radius 3 is 2.48 bits per heavy atom. The number of anilines is 1. The van der Waals surface area contributed by atoms with Crippen LogP contribution < -0.4 is 10.2 Å². The maximum atomic E-state index is 12.4. The molecule has 27 heavy (non-hydrogen) atoms. The molecule has 0 radical (unpaired) electrons. The molecule has 2 aromatic rings. The van der Waals surface area contributed by atoms with Gasteiger partial charge in [-0.25, -0.2) is 0 Å². The number of nitrogens with zero attached hydrogens (tertiary/aromatic N) is 2. The van der Waals surface area contributed by atoms with Crippen molar-refractivity contribution in [1.29, 1.82) is 0 Å². The molecule has 1 atom stereocenters. The first kappa shape index (κ1) is 19.7. The molecule has 1 saturated heterocycles. The fourth-order valence-electron chi connectivity index (χ4n) is 3.62. The van der Waals surface area contributed by atoms with Crippen LogP contribution in [0.1, 0.15) is 29.7 Å². The number of halogens is 1. The molecule has 0 spiro atoms. The minimum atomic E-state index is -0.0950. The predicted molar refractivity (Wildman–Crippen MR) is 113 cm³/mol. The number of hydrogen-bond acceptors (Lipinski definition) is 3. The van der Waals surface area contributed by atoms with E-state index in [1.807, 2.05) is 31.2 Å². The summed E-state index contributed by atoms with van der Waals surface area (Å²) in [5.41, 5.74) is 4.93. The van der Waals surface area contributed by atoms with Crippen molar-refractivity contribution in [3.8, 4) is 0 Å². The molecule has 1 aliphatic heterocycles. The molecule has 1 N–H and O–H groups in total. The lowest BCUT2D eigenvalue weighted by atomic mass is 10.1. The van der Waals surface area contributed by atoms with Crippen molar-refractivity contribution in [3.63, 3.8) is 0 Å². The molecule has 0 aliphatic carbocycles. The fraction of sp³-hybridized carbons (Fsp3) is 0.409. The molecule has 2 aromatic carbocycles. The van der Waals surface area contributed by atoms with E-state index in [-0.39, 0.29) is 11.9 Å². The van der Waals surface area contributed by atoms with Crippen LogP contribution in [0.15, 0.2) is 42.5 Å². The zero-order valence-corrected chi connectivity index (χ0v) is 17.1. The highest BCUT2D eigenvalue weighted by atomic mass is 35.5. The second kappa shape index (κ2) is 8.77. The highest BCUT2D eigenvalue weighted by Gasteiger charge is 2.21. The van der Waals surface area contributed by atoms with Crippen LogP contribution >= 0.6 is 11.6 Å². The van der Waals surface area contributed by atoms with Gasteiger partial charge in [-0.2, -0.15) is 0 Å². The van der Waals surface area contributed by atoms with E-state index in [0.29, 0.717) is 11.6 Å². The topological polar surface area (TPSA) is 35.6 Å². The molecule has 1 aliphatic rings. The van der Waals surface area contributed by atoms with Crippen LogP contribution in [0, 0.1) is 13.8 Å². The molecule has 5 heteroatoms. The number of rotatable bonds is 5. The third kappa shape index (κ3) is 4.82. The number of carbonyl (C=O) groups excluding carboxylic acids is 1. The van der Waals surface area contributed by atoms with Crippen LogP contribution in [-0.4, -0.2) is 43.5 Å². The minimum absolute atomic E-state index is 0.0441. The number of hydrogen-bond donors (Lipinski definition) is 1. The summed E-state index contributed by atoms with van der Waals surface area (Å²) in [7, 11) is 0. The molecule has 0 bridgehead atoms. The number of amides is 1. The number of aryl methyl sites for hydroxylation is 1. The van der Waals surface area contributed by atoms with Crippen molar-refractivity contribution in [3.05, 3.63) is 64.2 Å². The number of benzene rings is 2. The molecule has 1 fully saturated rings. The number of carbonyl (C=O) groups is 1. The highest BCUT2D eigenvalue weighted by Crippen LogP contribution is 2.24. The monoisotopic (exact) mass is 385 g/mol. The molecule has 3 rings (SSSR count). The van der Waals surface area contributed by atoms with Crippen LogP contribution in [0.2, 0.25) is 5.02 Å². The van der Waals surface area contributed by atoms with Gasteiger partial charge in [0.05, 0.1) is 12.6 Å². The van der Waals surface area contributed by atoms with Gasteiger partial charge in [-0.1, -0.05) is 41.9 Å². The Kier molecular flexibility index (Phi) is 6.40. The molecule has 1 heterocycles. The second-order valence-electron chi connectivity index (χ2n) is 7.29. The summed E-state index contributed by atoms with van der Waals surface area (Å²) in [6.07, 6.45) is 0. The summed E-state index contributed by atoms with van der Waals surface area (Å²) in [4.78, 5) is 17.1. The van der Waals surface area contributed by atoms with Crippen molar-refractivity contribution < 1.29 is 4.79 Å². The van der Waals surface area contributed by atoms with Crippen LogP contribution in [0.4, 0.5) is 5.69 Å². The van der Waals surface area contributed by atoms with Crippen LogP contribution in [0.3, 0.4) is 0 Å². The third-order valence-corrected chi connectivity index (χ3v) is 5.75.